The van der Waals surface area contributed by atoms with Gasteiger partial charge in [-0.3, -0.25) is 14.7 Å². The zero-order valence-electron chi connectivity index (χ0n) is 15.3. The Balaban J connectivity index is 1.17. The van der Waals surface area contributed by atoms with Gasteiger partial charge in [-0.1, -0.05) is 12.8 Å². The molecule has 1 aromatic heterocycles. The smallest absolute Gasteiger partial charge is 0.272 e. The fourth-order valence-electron chi connectivity index (χ4n) is 4.83. The van der Waals surface area contributed by atoms with E-state index in [0.29, 0.717) is 50.3 Å². The van der Waals surface area contributed by atoms with Crippen LogP contribution in [0.2, 0.25) is 0 Å². The van der Waals surface area contributed by atoms with Crippen molar-refractivity contribution in [3.05, 3.63) is 17.0 Å². The largest absolute Gasteiger partial charge is 0.381 e. The van der Waals surface area contributed by atoms with Crippen molar-refractivity contribution in [2.24, 2.45) is 17.8 Å². The van der Waals surface area contributed by atoms with E-state index in [0.717, 1.165) is 24.1 Å². The summed E-state index contributed by atoms with van der Waals surface area (Å²) in [6.45, 7) is 2.27. The molecule has 5 rings (SSSR count). The fraction of sp³-hybridized carbons (Fsp3) is 0.737. The number of H-pyrrole nitrogens is 1. The van der Waals surface area contributed by atoms with Crippen LogP contribution in [0.5, 0.6) is 0 Å². The molecule has 3 fully saturated rings. The minimum atomic E-state index is -0.132. The molecule has 4 atom stereocenters. The third-order valence-electron chi connectivity index (χ3n) is 6.51. The Kier molecular flexibility index (Phi) is 4.40. The summed E-state index contributed by atoms with van der Waals surface area (Å²) in [5.74, 6) is 0.927. The van der Waals surface area contributed by atoms with E-state index in [9.17, 15) is 9.59 Å². The van der Waals surface area contributed by atoms with Crippen LogP contribution in [-0.2, 0) is 27.3 Å². The second-order valence-corrected chi connectivity index (χ2v) is 8.26. The number of amides is 2. The summed E-state index contributed by atoms with van der Waals surface area (Å²) in [6.07, 6.45) is 4.89. The lowest BCUT2D eigenvalue weighted by Crippen LogP contribution is -2.39. The standard InChI is InChI=1S/C19H26N4O4/c24-18(16-13-7-26-8-14(13)16)20-6-11-5-12-15(9-27-11)22-23-17(12)19(25)21-10-3-1-2-4-10/h10-11,13-14,16H,1-9H2,(H,20,24)(H,21,25)(H,22,23)/t11?,13-,14+,16?. The first-order valence-electron chi connectivity index (χ1n) is 10.0. The number of nitrogens with zero attached hydrogens (tertiary/aromatic N) is 1. The first-order chi connectivity index (χ1) is 13.2. The molecule has 8 nitrogen and oxygen atoms in total. The number of aromatic amines is 1. The van der Waals surface area contributed by atoms with E-state index in [4.69, 9.17) is 9.47 Å². The number of rotatable bonds is 5. The van der Waals surface area contributed by atoms with Crippen LogP contribution in [0.15, 0.2) is 0 Å². The van der Waals surface area contributed by atoms with Gasteiger partial charge < -0.3 is 20.1 Å². The van der Waals surface area contributed by atoms with Gasteiger partial charge in [0.25, 0.3) is 5.91 Å². The van der Waals surface area contributed by atoms with Gasteiger partial charge in [-0.05, 0) is 24.7 Å². The lowest BCUT2D eigenvalue weighted by molar-refractivity contribution is -0.124. The second-order valence-electron chi connectivity index (χ2n) is 8.26. The third-order valence-corrected chi connectivity index (χ3v) is 6.51. The zero-order valence-corrected chi connectivity index (χ0v) is 15.3. The Morgan fingerprint density at radius 3 is 2.74 bits per heavy atom. The highest BCUT2D eigenvalue weighted by Crippen LogP contribution is 2.50. The van der Waals surface area contributed by atoms with Crippen LogP contribution in [0.25, 0.3) is 0 Å². The quantitative estimate of drug-likeness (QED) is 0.697. The van der Waals surface area contributed by atoms with Gasteiger partial charge in [-0.15, -0.1) is 0 Å². The van der Waals surface area contributed by atoms with Gasteiger partial charge in [0.2, 0.25) is 5.91 Å². The molecule has 2 aliphatic heterocycles. The number of aromatic nitrogens is 2. The molecule has 3 heterocycles. The molecule has 1 saturated heterocycles. The molecule has 4 aliphatic rings. The van der Waals surface area contributed by atoms with E-state index in [2.05, 4.69) is 20.8 Å². The Bertz CT molecular complexity index is 732. The summed E-state index contributed by atoms with van der Waals surface area (Å²) in [6, 6.07) is 0.266. The first kappa shape index (κ1) is 17.2. The molecule has 8 heteroatoms. The topological polar surface area (TPSA) is 105 Å². The van der Waals surface area contributed by atoms with Crippen molar-refractivity contribution < 1.29 is 19.1 Å². The maximum Gasteiger partial charge on any atom is 0.272 e. The van der Waals surface area contributed by atoms with Crippen molar-refractivity contribution >= 4 is 11.8 Å². The lowest BCUT2D eigenvalue weighted by atomic mass is 10.0. The molecule has 0 bridgehead atoms. The molecule has 2 aliphatic carbocycles. The molecule has 3 N–H and O–H groups in total. The van der Waals surface area contributed by atoms with Crippen molar-refractivity contribution in [2.45, 2.75) is 50.9 Å². The van der Waals surface area contributed by atoms with Gasteiger partial charge >= 0.3 is 0 Å². The number of hydrogen-bond donors (Lipinski definition) is 3. The van der Waals surface area contributed by atoms with Crippen LogP contribution in [0.4, 0.5) is 0 Å². The van der Waals surface area contributed by atoms with Gasteiger partial charge in [-0.2, -0.15) is 5.10 Å². The minimum Gasteiger partial charge on any atom is -0.381 e. The van der Waals surface area contributed by atoms with Crippen LogP contribution in [-0.4, -0.2) is 53.9 Å². The average Bonchev–Trinajstić information content (AvgIpc) is 3.16. The number of fused-ring (bicyclic) bond motifs is 2. The Hall–Kier alpha value is -1.93. The van der Waals surface area contributed by atoms with E-state index in [-0.39, 0.29) is 29.9 Å². The third kappa shape index (κ3) is 3.25. The van der Waals surface area contributed by atoms with E-state index in [1.54, 1.807) is 0 Å². The summed E-state index contributed by atoms with van der Waals surface area (Å²) >= 11 is 0. The van der Waals surface area contributed by atoms with Crippen LogP contribution in [0, 0.1) is 17.8 Å². The van der Waals surface area contributed by atoms with Crippen molar-refractivity contribution in [3.63, 3.8) is 0 Å². The van der Waals surface area contributed by atoms with Crippen molar-refractivity contribution in [1.82, 2.24) is 20.8 Å². The van der Waals surface area contributed by atoms with Crippen molar-refractivity contribution in [2.75, 3.05) is 19.8 Å². The minimum absolute atomic E-state index is 0.102. The summed E-state index contributed by atoms with van der Waals surface area (Å²) in [5.41, 5.74) is 2.26. The molecular formula is C19H26N4O4. The number of nitrogens with one attached hydrogen (secondary N) is 3. The number of ether oxygens (including phenoxy) is 2. The van der Waals surface area contributed by atoms with E-state index in [1.165, 1.54) is 12.8 Å². The maximum atomic E-state index is 12.6. The van der Waals surface area contributed by atoms with Crippen molar-refractivity contribution in [1.29, 1.82) is 0 Å². The summed E-state index contributed by atoms with van der Waals surface area (Å²) in [4.78, 5) is 24.9. The monoisotopic (exact) mass is 374 g/mol. The van der Waals surface area contributed by atoms with Gasteiger partial charge in [-0.25, -0.2) is 0 Å². The van der Waals surface area contributed by atoms with E-state index < -0.39 is 0 Å². The molecule has 146 valence electrons. The molecule has 2 unspecified atom stereocenters. The molecule has 2 saturated carbocycles. The summed E-state index contributed by atoms with van der Waals surface area (Å²) in [7, 11) is 0. The summed E-state index contributed by atoms with van der Waals surface area (Å²) in [5, 5.41) is 13.3. The number of carbonyl (C=O) groups excluding carboxylic acids is 2. The van der Waals surface area contributed by atoms with E-state index >= 15 is 0 Å². The highest BCUT2D eigenvalue weighted by atomic mass is 16.5. The molecule has 1 aromatic rings. The van der Waals surface area contributed by atoms with Gasteiger partial charge in [0.05, 0.1) is 31.6 Å². The van der Waals surface area contributed by atoms with Gasteiger partial charge in [0.1, 0.15) is 0 Å². The molecule has 2 amide bonds. The molecule has 27 heavy (non-hydrogen) atoms. The van der Waals surface area contributed by atoms with Gasteiger partial charge in [0, 0.05) is 30.5 Å². The number of hydrogen-bond acceptors (Lipinski definition) is 5. The predicted molar refractivity (Wildman–Crippen MR) is 94.9 cm³/mol. The molecule has 0 radical (unpaired) electrons. The van der Waals surface area contributed by atoms with Crippen LogP contribution >= 0.6 is 0 Å². The fourth-order valence-corrected chi connectivity index (χ4v) is 4.83. The predicted octanol–water partition coefficient (Wildman–Crippen LogP) is 0.532. The summed E-state index contributed by atoms with van der Waals surface area (Å²) < 4.78 is 11.2. The Morgan fingerprint density at radius 1 is 1.19 bits per heavy atom. The number of carbonyl (C=O) groups is 2. The Morgan fingerprint density at radius 2 is 1.96 bits per heavy atom. The van der Waals surface area contributed by atoms with Crippen LogP contribution in [0.1, 0.15) is 47.4 Å². The molecule has 0 aromatic carbocycles. The highest BCUT2D eigenvalue weighted by Gasteiger charge is 2.57. The SMILES string of the molecule is O=C(NC1CCCC1)c1n[nH]c2c1CC(CNC(=O)C1[C@H]3COC[C@@H]13)OC2. The van der Waals surface area contributed by atoms with Crippen molar-refractivity contribution in [3.8, 4) is 0 Å². The maximum absolute atomic E-state index is 12.6. The lowest BCUT2D eigenvalue weighted by Gasteiger charge is -2.23. The van der Waals surface area contributed by atoms with Crippen LogP contribution < -0.4 is 10.6 Å². The average molecular weight is 374 g/mol. The molecule has 0 spiro atoms. The highest BCUT2D eigenvalue weighted by molar-refractivity contribution is 5.94. The Labute approximate surface area is 157 Å². The van der Waals surface area contributed by atoms with E-state index in [1.807, 2.05) is 0 Å². The van der Waals surface area contributed by atoms with Crippen LogP contribution in [0.3, 0.4) is 0 Å². The second kappa shape index (κ2) is 6.91. The molecular weight excluding hydrogens is 348 g/mol. The normalized spacial score (nSPS) is 32.0. The first-order valence-corrected chi connectivity index (χ1v) is 10.0. The zero-order chi connectivity index (χ0) is 18.4. The van der Waals surface area contributed by atoms with Gasteiger partial charge in [0.15, 0.2) is 5.69 Å².